The van der Waals surface area contributed by atoms with Crippen LogP contribution in [0.25, 0.3) is 0 Å². The zero-order chi connectivity index (χ0) is 12.1. The largest absolute Gasteiger partial charge is 0.368 e. The summed E-state index contributed by atoms with van der Waals surface area (Å²) in [6.07, 6.45) is 2.31. The van der Waals surface area contributed by atoms with Gasteiger partial charge in [-0.2, -0.15) is 0 Å². The lowest BCUT2D eigenvalue weighted by Crippen LogP contribution is -2.18. The predicted octanol–water partition coefficient (Wildman–Crippen LogP) is 2.84. The van der Waals surface area contributed by atoms with Crippen LogP contribution in [0.5, 0.6) is 0 Å². The Hall–Kier alpha value is -1.65. The van der Waals surface area contributed by atoms with E-state index in [1.165, 1.54) is 12.3 Å². The lowest BCUT2D eigenvalue weighted by molar-refractivity contribution is -0.385. The molecule has 0 bridgehead atoms. The van der Waals surface area contributed by atoms with E-state index in [9.17, 15) is 10.1 Å². The molecule has 1 atom stereocenters. The second kappa shape index (κ2) is 5.44. The van der Waals surface area contributed by atoms with E-state index in [0.29, 0.717) is 17.8 Å². The minimum atomic E-state index is -0.450. The summed E-state index contributed by atoms with van der Waals surface area (Å²) in [5.41, 5.74) is 0.0158. The first-order chi connectivity index (χ1) is 7.49. The summed E-state index contributed by atoms with van der Waals surface area (Å²) in [5.74, 6) is 1.29. The van der Waals surface area contributed by atoms with Crippen molar-refractivity contribution in [1.82, 2.24) is 4.98 Å². The van der Waals surface area contributed by atoms with Gasteiger partial charge in [-0.25, -0.2) is 4.98 Å². The highest BCUT2D eigenvalue weighted by atomic mass is 16.6. The van der Waals surface area contributed by atoms with Gasteiger partial charge < -0.3 is 5.32 Å². The molecule has 0 spiro atoms. The molecule has 0 saturated carbocycles. The van der Waals surface area contributed by atoms with E-state index in [1.54, 1.807) is 6.07 Å². The van der Waals surface area contributed by atoms with Crippen LogP contribution < -0.4 is 5.32 Å². The Morgan fingerprint density at radius 3 is 2.56 bits per heavy atom. The van der Waals surface area contributed by atoms with Gasteiger partial charge in [0.1, 0.15) is 12.0 Å². The van der Waals surface area contributed by atoms with Crippen molar-refractivity contribution in [3.8, 4) is 0 Å². The maximum absolute atomic E-state index is 10.4. The number of nitrogens with one attached hydrogen (secondary N) is 1. The molecule has 16 heavy (non-hydrogen) atoms. The Bertz CT molecular complexity index is 349. The lowest BCUT2D eigenvalue weighted by atomic mass is 10.1. The normalized spacial score (nSPS) is 12.5. The minimum absolute atomic E-state index is 0.0158. The van der Waals surface area contributed by atoms with E-state index in [-0.39, 0.29) is 5.69 Å². The zero-order valence-electron chi connectivity index (χ0n) is 9.80. The molecule has 0 aliphatic heterocycles. The van der Waals surface area contributed by atoms with Crippen molar-refractivity contribution in [3.63, 3.8) is 0 Å². The molecule has 0 aliphatic carbocycles. The molecule has 0 fully saturated rings. The smallest absolute Gasteiger partial charge is 0.287 e. The summed E-state index contributed by atoms with van der Waals surface area (Å²) in [6.45, 7) is 6.38. The van der Waals surface area contributed by atoms with Gasteiger partial charge in [-0.15, -0.1) is 0 Å². The first kappa shape index (κ1) is 12.4. The van der Waals surface area contributed by atoms with Crippen molar-refractivity contribution in [1.29, 1.82) is 0 Å². The van der Waals surface area contributed by atoms with E-state index < -0.39 is 4.92 Å². The molecule has 5 heteroatoms. The average molecular weight is 223 g/mol. The van der Waals surface area contributed by atoms with Crippen LogP contribution in [0.15, 0.2) is 18.3 Å². The number of nitro groups is 1. The van der Waals surface area contributed by atoms with Crippen molar-refractivity contribution >= 4 is 11.5 Å². The fourth-order valence-electron chi connectivity index (χ4n) is 1.60. The number of hydrogen-bond donors (Lipinski definition) is 1. The van der Waals surface area contributed by atoms with E-state index in [4.69, 9.17) is 0 Å². The molecule has 0 radical (unpaired) electrons. The molecule has 88 valence electrons. The van der Waals surface area contributed by atoms with Crippen molar-refractivity contribution in [2.24, 2.45) is 5.92 Å². The quantitative estimate of drug-likeness (QED) is 0.615. The Morgan fingerprint density at radius 1 is 1.44 bits per heavy atom. The van der Waals surface area contributed by atoms with Crippen LogP contribution in [0.2, 0.25) is 0 Å². The molecular weight excluding hydrogens is 206 g/mol. The van der Waals surface area contributed by atoms with E-state index in [2.05, 4.69) is 31.1 Å². The first-order valence-corrected chi connectivity index (χ1v) is 5.36. The predicted molar refractivity (Wildman–Crippen MR) is 63.4 cm³/mol. The molecule has 0 saturated heterocycles. The highest BCUT2D eigenvalue weighted by molar-refractivity contribution is 5.40. The van der Waals surface area contributed by atoms with Gasteiger partial charge in [0.2, 0.25) is 0 Å². The minimum Gasteiger partial charge on any atom is -0.368 e. The summed E-state index contributed by atoms with van der Waals surface area (Å²) in [6, 6.07) is 3.40. The van der Waals surface area contributed by atoms with Gasteiger partial charge in [0, 0.05) is 12.1 Å². The van der Waals surface area contributed by atoms with E-state index in [1.807, 2.05) is 0 Å². The number of aromatic nitrogens is 1. The molecule has 1 aromatic heterocycles. The van der Waals surface area contributed by atoms with E-state index >= 15 is 0 Å². The average Bonchev–Trinajstić information content (AvgIpc) is 2.16. The highest BCUT2D eigenvalue weighted by Crippen LogP contribution is 2.14. The van der Waals surface area contributed by atoms with Crippen LogP contribution in [0.4, 0.5) is 11.5 Å². The van der Waals surface area contributed by atoms with Crippen LogP contribution in [0, 0.1) is 16.0 Å². The van der Waals surface area contributed by atoms with Crippen LogP contribution >= 0.6 is 0 Å². The molecular formula is C11H17N3O2. The SMILES string of the molecule is CC(C)CC(C)Nc1ccc([N+](=O)[O-])cn1. The summed E-state index contributed by atoms with van der Waals surface area (Å²) in [5, 5.41) is 13.6. The van der Waals surface area contributed by atoms with E-state index in [0.717, 1.165) is 6.42 Å². The van der Waals surface area contributed by atoms with Crippen molar-refractivity contribution in [2.75, 3.05) is 5.32 Å². The van der Waals surface area contributed by atoms with Crippen molar-refractivity contribution in [3.05, 3.63) is 28.4 Å². The molecule has 1 N–H and O–H groups in total. The number of pyridine rings is 1. The topological polar surface area (TPSA) is 68.1 Å². The molecule has 1 rings (SSSR count). The molecule has 0 amide bonds. The second-order valence-corrected chi connectivity index (χ2v) is 4.33. The number of hydrogen-bond acceptors (Lipinski definition) is 4. The Balaban J connectivity index is 2.58. The lowest BCUT2D eigenvalue weighted by Gasteiger charge is -2.16. The number of nitrogens with zero attached hydrogens (tertiary/aromatic N) is 2. The zero-order valence-corrected chi connectivity index (χ0v) is 9.80. The van der Waals surface area contributed by atoms with Gasteiger partial charge in [0.25, 0.3) is 5.69 Å². The third-order valence-corrected chi connectivity index (χ3v) is 2.18. The molecule has 1 unspecified atom stereocenters. The standard InChI is InChI=1S/C11H17N3O2/c1-8(2)6-9(3)13-11-5-4-10(7-12-11)14(15)16/h4-5,7-9H,6H2,1-3H3,(H,12,13). The summed E-state index contributed by atoms with van der Waals surface area (Å²) in [4.78, 5) is 14.0. The van der Waals surface area contributed by atoms with Gasteiger partial charge in [-0.3, -0.25) is 10.1 Å². The maximum atomic E-state index is 10.4. The molecule has 1 aromatic rings. The molecule has 1 heterocycles. The van der Waals surface area contributed by atoms with Gasteiger partial charge in [-0.05, 0) is 25.3 Å². The number of rotatable bonds is 5. The Labute approximate surface area is 95.0 Å². The fraction of sp³-hybridized carbons (Fsp3) is 0.545. The van der Waals surface area contributed by atoms with Gasteiger partial charge in [0.05, 0.1) is 4.92 Å². The third-order valence-electron chi connectivity index (χ3n) is 2.18. The summed E-state index contributed by atoms with van der Waals surface area (Å²) < 4.78 is 0. The Morgan fingerprint density at radius 2 is 2.12 bits per heavy atom. The van der Waals surface area contributed by atoms with Crippen molar-refractivity contribution in [2.45, 2.75) is 33.2 Å². The van der Waals surface area contributed by atoms with Crippen molar-refractivity contribution < 1.29 is 4.92 Å². The van der Waals surface area contributed by atoms with Gasteiger partial charge in [0.15, 0.2) is 0 Å². The van der Waals surface area contributed by atoms with Crippen LogP contribution in [0.3, 0.4) is 0 Å². The van der Waals surface area contributed by atoms with Crippen LogP contribution in [-0.4, -0.2) is 15.9 Å². The Kier molecular flexibility index (Phi) is 4.22. The summed E-state index contributed by atoms with van der Waals surface area (Å²) >= 11 is 0. The number of anilines is 1. The summed E-state index contributed by atoms with van der Waals surface area (Å²) in [7, 11) is 0. The molecule has 5 nitrogen and oxygen atoms in total. The maximum Gasteiger partial charge on any atom is 0.287 e. The molecule has 0 aliphatic rings. The molecule has 0 aromatic carbocycles. The third kappa shape index (κ3) is 3.84. The van der Waals surface area contributed by atoms with Crippen LogP contribution in [0.1, 0.15) is 27.2 Å². The monoisotopic (exact) mass is 223 g/mol. The highest BCUT2D eigenvalue weighted by Gasteiger charge is 2.08. The van der Waals surface area contributed by atoms with Gasteiger partial charge in [-0.1, -0.05) is 13.8 Å². The second-order valence-electron chi connectivity index (χ2n) is 4.33. The van der Waals surface area contributed by atoms with Crippen LogP contribution in [-0.2, 0) is 0 Å². The van der Waals surface area contributed by atoms with Gasteiger partial charge >= 0.3 is 0 Å². The first-order valence-electron chi connectivity index (χ1n) is 5.36. The fourth-order valence-corrected chi connectivity index (χ4v) is 1.60.